The summed E-state index contributed by atoms with van der Waals surface area (Å²) in [6.45, 7) is 2.44. The van der Waals surface area contributed by atoms with E-state index in [9.17, 15) is 4.79 Å². The summed E-state index contributed by atoms with van der Waals surface area (Å²) >= 11 is 5.85. The topological polar surface area (TPSA) is 68.0 Å². The average molecular weight is 280 g/mol. The van der Waals surface area contributed by atoms with Gasteiger partial charge in [0.1, 0.15) is 5.82 Å². The average Bonchev–Trinajstić information content (AvgIpc) is 2.72. The largest absolute Gasteiger partial charge is 0.481 e. The molecule has 2 aromatic rings. The zero-order chi connectivity index (χ0) is 13.8. The number of hydrogen-bond donors (Lipinski definition) is 1. The first-order valence-electron chi connectivity index (χ1n) is 5.95. The van der Waals surface area contributed by atoms with Gasteiger partial charge in [-0.25, -0.2) is 0 Å². The molecule has 2 rings (SSSR count). The van der Waals surface area contributed by atoms with Gasteiger partial charge in [0.25, 0.3) is 0 Å². The Labute approximate surface area is 115 Å². The number of aromatic nitrogens is 3. The molecule has 1 heterocycles. The number of carboxylic acid groups (broad SMARTS) is 1. The minimum absolute atomic E-state index is 0.137. The number of rotatable bonds is 5. The van der Waals surface area contributed by atoms with E-state index in [0.29, 0.717) is 18.0 Å². The van der Waals surface area contributed by atoms with Crippen molar-refractivity contribution >= 4 is 17.6 Å². The van der Waals surface area contributed by atoms with Crippen LogP contribution in [0.4, 0.5) is 0 Å². The van der Waals surface area contributed by atoms with Crippen molar-refractivity contribution in [1.82, 2.24) is 14.8 Å². The van der Waals surface area contributed by atoms with E-state index >= 15 is 0 Å². The molecule has 0 saturated carbocycles. The molecule has 1 aromatic heterocycles. The monoisotopic (exact) mass is 279 g/mol. The molecular formula is C13H14ClN3O2. The third kappa shape index (κ3) is 3.32. The number of nitrogens with zero attached hydrogens (tertiary/aromatic N) is 3. The standard InChI is InChI=1S/C13H14ClN3O2/c1-9-15-16-13(10-4-6-11(14)7-5-10)17(9)8-2-3-12(18)19/h4-7H,2-3,8H2,1H3,(H,18,19). The van der Waals surface area contributed by atoms with Crippen molar-refractivity contribution in [3.8, 4) is 11.4 Å². The maximum absolute atomic E-state index is 10.5. The predicted molar refractivity (Wildman–Crippen MR) is 72.1 cm³/mol. The number of aryl methyl sites for hydroxylation is 1. The van der Waals surface area contributed by atoms with Crippen molar-refractivity contribution in [3.63, 3.8) is 0 Å². The predicted octanol–water partition coefficient (Wildman–Crippen LogP) is 2.77. The van der Waals surface area contributed by atoms with Gasteiger partial charge in [0.05, 0.1) is 0 Å². The van der Waals surface area contributed by atoms with E-state index in [1.807, 2.05) is 23.6 Å². The van der Waals surface area contributed by atoms with Crippen LogP contribution in [-0.4, -0.2) is 25.8 Å². The van der Waals surface area contributed by atoms with E-state index in [1.165, 1.54) is 0 Å². The number of carbonyl (C=O) groups is 1. The van der Waals surface area contributed by atoms with E-state index in [2.05, 4.69) is 10.2 Å². The second-order valence-electron chi connectivity index (χ2n) is 4.23. The number of carboxylic acids is 1. The Morgan fingerprint density at radius 2 is 2.00 bits per heavy atom. The lowest BCUT2D eigenvalue weighted by Crippen LogP contribution is -2.05. The second-order valence-corrected chi connectivity index (χ2v) is 4.66. The maximum Gasteiger partial charge on any atom is 0.303 e. The van der Waals surface area contributed by atoms with Gasteiger partial charge in [-0.2, -0.15) is 0 Å². The van der Waals surface area contributed by atoms with Gasteiger partial charge in [0, 0.05) is 23.6 Å². The zero-order valence-electron chi connectivity index (χ0n) is 10.5. The highest BCUT2D eigenvalue weighted by Crippen LogP contribution is 2.21. The number of aliphatic carboxylic acids is 1. The summed E-state index contributed by atoms with van der Waals surface area (Å²) in [5, 5.41) is 17.5. The van der Waals surface area contributed by atoms with E-state index in [0.717, 1.165) is 17.2 Å². The Bertz CT molecular complexity index is 578. The fourth-order valence-electron chi connectivity index (χ4n) is 1.85. The van der Waals surface area contributed by atoms with Gasteiger partial charge in [0.15, 0.2) is 5.82 Å². The van der Waals surface area contributed by atoms with Crippen molar-refractivity contribution in [3.05, 3.63) is 35.1 Å². The molecule has 6 heteroatoms. The van der Waals surface area contributed by atoms with Crippen molar-refractivity contribution in [2.24, 2.45) is 0 Å². The Morgan fingerprint density at radius 1 is 1.32 bits per heavy atom. The van der Waals surface area contributed by atoms with Crippen LogP contribution in [0.3, 0.4) is 0 Å². The van der Waals surface area contributed by atoms with Gasteiger partial charge in [0.2, 0.25) is 0 Å². The van der Waals surface area contributed by atoms with Crippen LogP contribution in [0.15, 0.2) is 24.3 Å². The van der Waals surface area contributed by atoms with E-state index in [4.69, 9.17) is 16.7 Å². The molecule has 19 heavy (non-hydrogen) atoms. The van der Waals surface area contributed by atoms with Crippen LogP contribution in [0.5, 0.6) is 0 Å². The summed E-state index contributed by atoms with van der Waals surface area (Å²) in [7, 11) is 0. The highest BCUT2D eigenvalue weighted by atomic mass is 35.5. The molecule has 1 N–H and O–H groups in total. The van der Waals surface area contributed by atoms with Crippen LogP contribution in [0, 0.1) is 6.92 Å². The van der Waals surface area contributed by atoms with Crippen LogP contribution in [0.25, 0.3) is 11.4 Å². The van der Waals surface area contributed by atoms with Gasteiger partial charge >= 0.3 is 5.97 Å². The minimum Gasteiger partial charge on any atom is -0.481 e. The summed E-state index contributed by atoms with van der Waals surface area (Å²) in [6.07, 6.45) is 0.687. The van der Waals surface area contributed by atoms with Gasteiger partial charge in [-0.05, 0) is 37.6 Å². The molecule has 1 aromatic carbocycles. The van der Waals surface area contributed by atoms with Crippen LogP contribution in [-0.2, 0) is 11.3 Å². The molecule has 0 unspecified atom stereocenters. The zero-order valence-corrected chi connectivity index (χ0v) is 11.3. The molecule has 5 nitrogen and oxygen atoms in total. The first kappa shape index (κ1) is 13.5. The third-order valence-corrected chi connectivity index (χ3v) is 3.06. The molecule has 0 aliphatic heterocycles. The van der Waals surface area contributed by atoms with Gasteiger partial charge in [-0.1, -0.05) is 11.6 Å². The molecule has 0 spiro atoms. The Kier molecular flexibility index (Phi) is 4.16. The number of benzene rings is 1. The lowest BCUT2D eigenvalue weighted by atomic mass is 10.2. The molecule has 0 bridgehead atoms. The third-order valence-electron chi connectivity index (χ3n) is 2.81. The van der Waals surface area contributed by atoms with Crippen molar-refractivity contribution in [1.29, 1.82) is 0 Å². The van der Waals surface area contributed by atoms with Crippen LogP contribution in [0.2, 0.25) is 5.02 Å². The fourth-order valence-corrected chi connectivity index (χ4v) is 1.98. The highest BCUT2D eigenvalue weighted by molar-refractivity contribution is 6.30. The second kappa shape index (κ2) is 5.84. The molecule has 0 atom stereocenters. The van der Waals surface area contributed by atoms with Crippen molar-refractivity contribution in [2.75, 3.05) is 0 Å². The lowest BCUT2D eigenvalue weighted by Gasteiger charge is -2.07. The molecule has 0 aliphatic carbocycles. The first-order valence-corrected chi connectivity index (χ1v) is 6.33. The first-order chi connectivity index (χ1) is 9.08. The van der Waals surface area contributed by atoms with E-state index < -0.39 is 5.97 Å². The van der Waals surface area contributed by atoms with Gasteiger partial charge in [-0.3, -0.25) is 4.79 Å². The van der Waals surface area contributed by atoms with Crippen molar-refractivity contribution < 1.29 is 9.90 Å². The SMILES string of the molecule is Cc1nnc(-c2ccc(Cl)cc2)n1CCCC(=O)O. The summed E-state index contributed by atoms with van der Waals surface area (Å²) < 4.78 is 1.92. The van der Waals surface area contributed by atoms with E-state index in [-0.39, 0.29) is 6.42 Å². The molecule has 0 fully saturated rings. The normalized spacial score (nSPS) is 10.6. The Balaban J connectivity index is 2.21. The maximum atomic E-state index is 10.5. The fraction of sp³-hybridized carbons (Fsp3) is 0.308. The molecule has 0 aliphatic rings. The van der Waals surface area contributed by atoms with E-state index in [1.54, 1.807) is 12.1 Å². The number of halogens is 1. The van der Waals surface area contributed by atoms with Crippen LogP contribution in [0.1, 0.15) is 18.7 Å². The number of hydrogen-bond acceptors (Lipinski definition) is 3. The Hall–Kier alpha value is -1.88. The highest BCUT2D eigenvalue weighted by Gasteiger charge is 2.11. The minimum atomic E-state index is -0.793. The molecular weight excluding hydrogens is 266 g/mol. The molecule has 100 valence electrons. The van der Waals surface area contributed by atoms with Gasteiger partial charge < -0.3 is 9.67 Å². The molecule has 0 amide bonds. The van der Waals surface area contributed by atoms with Crippen LogP contribution < -0.4 is 0 Å². The van der Waals surface area contributed by atoms with Crippen molar-refractivity contribution in [2.45, 2.75) is 26.3 Å². The summed E-state index contributed by atoms with van der Waals surface area (Å²) in [5.41, 5.74) is 0.917. The molecule has 0 radical (unpaired) electrons. The van der Waals surface area contributed by atoms with Crippen LogP contribution >= 0.6 is 11.6 Å². The summed E-state index contributed by atoms with van der Waals surface area (Å²) in [6, 6.07) is 7.34. The smallest absolute Gasteiger partial charge is 0.303 e. The quantitative estimate of drug-likeness (QED) is 0.914. The summed E-state index contributed by atoms with van der Waals surface area (Å²) in [4.78, 5) is 10.5. The molecule has 0 saturated heterocycles. The lowest BCUT2D eigenvalue weighted by molar-refractivity contribution is -0.137. The van der Waals surface area contributed by atoms with Gasteiger partial charge in [-0.15, -0.1) is 10.2 Å². The Morgan fingerprint density at radius 3 is 2.63 bits per heavy atom. The summed E-state index contributed by atoms with van der Waals surface area (Å²) in [5.74, 6) is 0.716.